The Labute approximate surface area is 134 Å². The number of methoxy groups -OCH3 is 2. The Morgan fingerprint density at radius 1 is 1.04 bits per heavy atom. The SMILES string of the molecule is COC(=O)CCCCCC(=O)Oc1c(OC)ccnc1C(C)=O. The van der Waals surface area contributed by atoms with Gasteiger partial charge in [0, 0.05) is 32.0 Å². The molecule has 1 aromatic rings. The van der Waals surface area contributed by atoms with Crippen LogP contribution in [0, 0.1) is 0 Å². The van der Waals surface area contributed by atoms with Gasteiger partial charge in [-0.1, -0.05) is 6.42 Å². The molecule has 23 heavy (non-hydrogen) atoms. The molecular formula is C16H21NO6. The van der Waals surface area contributed by atoms with Crippen LogP contribution in [0.1, 0.15) is 49.5 Å². The summed E-state index contributed by atoms with van der Waals surface area (Å²) >= 11 is 0. The Morgan fingerprint density at radius 2 is 1.70 bits per heavy atom. The second kappa shape index (κ2) is 9.55. The van der Waals surface area contributed by atoms with Crippen LogP contribution < -0.4 is 9.47 Å². The Morgan fingerprint density at radius 3 is 2.26 bits per heavy atom. The van der Waals surface area contributed by atoms with E-state index in [4.69, 9.17) is 9.47 Å². The third-order valence-corrected chi connectivity index (χ3v) is 3.13. The molecule has 0 aliphatic rings. The fraction of sp³-hybridized carbons (Fsp3) is 0.500. The number of Topliss-reactive ketones (excluding diaryl/α,β-unsaturated/α-hetero) is 1. The molecule has 0 unspecified atom stereocenters. The van der Waals surface area contributed by atoms with Gasteiger partial charge in [-0.05, 0) is 12.8 Å². The van der Waals surface area contributed by atoms with Gasteiger partial charge < -0.3 is 14.2 Å². The summed E-state index contributed by atoms with van der Waals surface area (Å²) in [6, 6.07) is 1.52. The van der Waals surface area contributed by atoms with Crippen LogP contribution in [0.3, 0.4) is 0 Å². The highest BCUT2D eigenvalue weighted by Crippen LogP contribution is 2.30. The van der Waals surface area contributed by atoms with E-state index in [9.17, 15) is 14.4 Å². The fourth-order valence-electron chi connectivity index (χ4n) is 1.92. The van der Waals surface area contributed by atoms with E-state index < -0.39 is 5.97 Å². The van der Waals surface area contributed by atoms with Crippen LogP contribution in [0.2, 0.25) is 0 Å². The minimum Gasteiger partial charge on any atom is -0.493 e. The van der Waals surface area contributed by atoms with E-state index in [1.165, 1.54) is 33.4 Å². The van der Waals surface area contributed by atoms with Crippen molar-refractivity contribution in [3.8, 4) is 11.5 Å². The number of pyridine rings is 1. The van der Waals surface area contributed by atoms with Crippen LogP contribution in [0.15, 0.2) is 12.3 Å². The average Bonchev–Trinajstić information content (AvgIpc) is 2.54. The quantitative estimate of drug-likeness (QED) is 0.391. The first-order valence-corrected chi connectivity index (χ1v) is 7.31. The van der Waals surface area contributed by atoms with E-state index in [1.54, 1.807) is 0 Å². The van der Waals surface area contributed by atoms with Gasteiger partial charge in [-0.2, -0.15) is 0 Å². The summed E-state index contributed by atoms with van der Waals surface area (Å²) in [5.41, 5.74) is 0.0587. The minimum absolute atomic E-state index is 0.0436. The second-order valence-electron chi connectivity index (χ2n) is 4.86. The van der Waals surface area contributed by atoms with Crippen molar-refractivity contribution >= 4 is 17.7 Å². The van der Waals surface area contributed by atoms with Crippen molar-refractivity contribution in [3.05, 3.63) is 18.0 Å². The molecule has 0 fully saturated rings. The third-order valence-electron chi connectivity index (χ3n) is 3.13. The molecule has 126 valence electrons. The van der Waals surface area contributed by atoms with E-state index in [0.29, 0.717) is 25.7 Å². The van der Waals surface area contributed by atoms with E-state index in [0.717, 1.165) is 0 Å². The summed E-state index contributed by atoms with van der Waals surface area (Å²) in [6.07, 6.45) is 3.85. The third kappa shape index (κ3) is 6.06. The van der Waals surface area contributed by atoms with Crippen LogP contribution in [-0.2, 0) is 14.3 Å². The fourth-order valence-corrected chi connectivity index (χ4v) is 1.92. The molecule has 0 atom stereocenters. The van der Waals surface area contributed by atoms with E-state index in [1.807, 2.05) is 0 Å². The number of nitrogens with zero attached hydrogens (tertiary/aromatic N) is 1. The van der Waals surface area contributed by atoms with E-state index in [-0.39, 0.29) is 35.4 Å². The number of ketones is 1. The van der Waals surface area contributed by atoms with Crippen molar-refractivity contribution in [2.75, 3.05) is 14.2 Å². The highest BCUT2D eigenvalue weighted by Gasteiger charge is 2.18. The average molecular weight is 323 g/mol. The molecule has 7 nitrogen and oxygen atoms in total. The molecule has 1 heterocycles. The molecule has 7 heteroatoms. The molecule has 0 amide bonds. The van der Waals surface area contributed by atoms with E-state index >= 15 is 0 Å². The summed E-state index contributed by atoms with van der Waals surface area (Å²) in [4.78, 5) is 38.3. The highest BCUT2D eigenvalue weighted by molar-refractivity contribution is 5.96. The maximum Gasteiger partial charge on any atom is 0.311 e. The van der Waals surface area contributed by atoms with Crippen molar-refractivity contribution in [3.63, 3.8) is 0 Å². The van der Waals surface area contributed by atoms with Crippen LogP contribution in [0.25, 0.3) is 0 Å². The monoisotopic (exact) mass is 323 g/mol. The largest absolute Gasteiger partial charge is 0.493 e. The summed E-state index contributed by atoms with van der Waals surface area (Å²) < 4.78 is 14.9. The van der Waals surface area contributed by atoms with Crippen molar-refractivity contribution in [1.29, 1.82) is 0 Å². The molecule has 0 saturated carbocycles. The molecule has 0 aliphatic heterocycles. The summed E-state index contributed by atoms with van der Waals surface area (Å²) in [5, 5.41) is 0. The lowest BCUT2D eigenvalue weighted by Gasteiger charge is -2.11. The number of esters is 2. The molecule has 0 aliphatic carbocycles. The number of carbonyl (C=O) groups excluding carboxylic acids is 3. The second-order valence-corrected chi connectivity index (χ2v) is 4.86. The molecule has 0 saturated heterocycles. The molecule has 0 spiro atoms. The number of ether oxygens (including phenoxy) is 3. The van der Waals surface area contributed by atoms with Gasteiger partial charge in [-0.15, -0.1) is 0 Å². The maximum absolute atomic E-state index is 11.9. The zero-order valence-electron chi connectivity index (χ0n) is 13.6. The Balaban J connectivity index is 2.54. The number of aromatic nitrogens is 1. The van der Waals surface area contributed by atoms with Gasteiger partial charge in [-0.3, -0.25) is 14.4 Å². The number of hydrogen-bond donors (Lipinski definition) is 0. The first-order chi connectivity index (χ1) is 11.0. The topological polar surface area (TPSA) is 91.8 Å². The van der Waals surface area contributed by atoms with Crippen molar-refractivity contribution in [1.82, 2.24) is 4.98 Å². The molecule has 1 rings (SSSR count). The zero-order chi connectivity index (χ0) is 17.2. The summed E-state index contributed by atoms with van der Waals surface area (Å²) in [6.45, 7) is 1.34. The lowest BCUT2D eigenvalue weighted by molar-refractivity contribution is -0.140. The maximum atomic E-state index is 11.9. The Kier molecular flexibility index (Phi) is 7.73. The minimum atomic E-state index is -0.475. The number of unbranched alkanes of at least 4 members (excludes halogenated alkanes) is 2. The molecule has 0 bridgehead atoms. The van der Waals surface area contributed by atoms with Crippen LogP contribution in [0.5, 0.6) is 11.5 Å². The zero-order valence-corrected chi connectivity index (χ0v) is 13.6. The predicted octanol–water partition coefficient (Wildman–Crippen LogP) is 2.32. The molecule has 0 radical (unpaired) electrons. The molecule has 0 N–H and O–H groups in total. The summed E-state index contributed by atoms with van der Waals surface area (Å²) in [7, 11) is 2.76. The molecule has 0 aromatic carbocycles. The number of carbonyl (C=O) groups is 3. The van der Waals surface area contributed by atoms with Gasteiger partial charge in [0.15, 0.2) is 17.2 Å². The number of hydrogen-bond acceptors (Lipinski definition) is 7. The van der Waals surface area contributed by atoms with Gasteiger partial charge in [-0.25, -0.2) is 4.98 Å². The van der Waals surface area contributed by atoms with E-state index in [2.05, 4.69) is 9.72 Å². The predicted molar refractivity (Wildman–Crippen MR) is 81.5 cm³/mol. The van der Waals surface area contributed by atoms with Gasteiger partial charge in [0.1, 0.15) is 0 Å². The highest BCUT2D eigenvalue weighted by atomic mass is 16.6. The molecular weight excluding hydrogens is 302 g/mol. The van der Waals surface area contributed by atoms with Crippen molar-refractivity contribution in [2.24, 2.45) is 0 Å². The smallest absolute Gasteiger partial charge is 0.311 e. The van der Waals surface area contributed by atoms with Gasteiger partial charge in [0.25, 0.3) is 0 Å². The van der Waals surface area contributed by atoms with Gasteiger partial charge >= 0.3 is 11.9 Å². The standard InChI is InChI=1S/C16H21NO6/c1-11(18)15-16(12(21-2)9-10-17-15)23-14(20)8-6-4-5-7-13(19)22-3/h9-10H,4-8H2,1-3H3. The summed E-state index contributed by atoms with van der Waals surface area (Å²) in [5.74, 6) is -0.730. The van der Waals surface area contributed by atoms with Crippen LogP contribution in [-0.4, -0.2) is 36.9 Å². The van der Waals surface area contributed by atoms with Gasteiger partial charge in [0.05, 0.1) is 14.2 Å². The first-order valence-electron chi connectivity index (χ1n) is 7.31. The Bertz CT molecular complexity index is 570. The number of rotatable bonds is 9. The van der Waals surface area contributed by atoms with Crippen molar-refractivity contribution < 1.29 is 28.6 Å². The lowest BCUT2D eigenvalue weighted by atomic mass is 10.1. The van der Waals surface area contributed by atoms with Crippen molar-refractivity contribution in [2.45, 2.75) is 39.0 Å². The Hall–Kier alpha value is -2.44. The molecule has 1 aromatic heterocycles. The van der Waals surface area contributed by atoms with Gasteiger partial charge in [0.2, 0.25) is 5.75 Å². The van der Waals surface area contributed by atoms with Crippen LogP contribution >= 0.6 is 0 Å². The first kappa shape index (κ1) is 18.6. The van der Waals surface area contributed by atoms with Crippen LogP contribution in [0.4, 0.5) is 0 Å². The normalized spacial score (nSPS) is 10.0. The lowest BCUT2D eigenvalue weighted by Crippen LogP contribution is -2.12.